The van der Waals surface area contributed by atoms with Crippen molar-refractivity contribution in [1.29, 1.82) is 0 Å². The van der Waals surface area contributed by atoms with Crippen LogP contribution in [-0.2, 0) is 14.8 Å². The lowest BCUT2D eigenvalue weighted by Gasteiger charge is -2.10. The van der Waals surface area contributed by atoms with Gasteiger partial charge in [-0.2, -0.15) is 0 Å². The van der Waals surface area contributed by atoms with Crippen LogP contribution in [0.4, 0.5) is 5.69 Å². The molecule has 0 aliphatic rings. The van der Waals surface area contributed by atoms with Gasteiger partial charge in [0.25, 0.3) is 5.91 Å². The molecular weight excluding hydrogens is 384 g/mol. The Morgan fingerprint density at radius 1 is 1.15 bits per heavy atom. The lowest BCUT2D eigenvalue weighted by molar-refractivity contribution is -0.118. The van der Waals surface area contributed by atoms with Crippen molar-refractivity contribution >= 4 is 33.4 Å². The topological polar surface area (TPSA) is 84.5 Å². The summed E-state index contributed by atoms with van der Waals surface area (Å²) in [4.78, 5) is 13.2. The van der Waals surface area contributed by atoms with Crippen molar-refractivity contribution in [3.05, 3.63) is 48.5 Å². The molecule has 0 saturated carbocycles. The lowest BCUT2D eigenvalue weighted by atomic mass is 10.2. The first-order valence-electron chi connectivity index (χ1n) is 8.46. The normalized spacial score (nSPS) is 11.4. The monoisotopic (exact) mass is 408 g/mol. The second-order valence-electron chi connectivity index (χ2n) is 6.29. The molecule has 0 radical (unpaired) electrons. The average Bonchev–Trinajstić information content (AvgIpc) is 2.65. The Bertz CT molecular complexity index is 866. The highest BCUT2D eigenvalue weighted by atomic mass is 32.2. The van der Waals surface area contributed by atoms with E-state index < -0.39 is 10.0 Å². The van der Waals surface area contributed by atoms with Gasteiger partial charge in [-0.1, -0.05) is 19.9 Å². The Kier molecular flexibility index (Phi) is 7.70. The van der Waals surface area contributed by atoms with Gasteiger partial charge >= 0.3 is 0 Å². The first-order chi connectivity index (χ1) is 12.8. The van der Waals surface area contributed by atoms with Crippen LogP contribution in [0.15, 0.2) is 58.3 Å². The second-order valence-corrected chi connectivity index (χ2v) is 8.93. The lowest BCUT2D eigenvalue weighted by Crippen LogP contribution is -2.27. The third kappa shape index (κ3) is 6.89. The molecule has 2 rings (SSSR count). The van der Waals surface area contributed by atoms with Gasteiger partial charge in [0.2, 0.25) is 10.0 Å². The van der Waals surface area contributed by atoms with Crippen LogP contribution in [-0.4, -0.2) is 33.7 Å². The van der Waals surface area contributed by atoms with Gasteiger partial charge in [-0.25, -0.2) is 13.1 Å². The molecule has 0 fully saturated rings. The molecule has 0 atom stereocenters. The van der Waals surface area contributed by atoms with E-state index in [0.717, 1.165) is 4.90 Å². The molecule has 6 nitrogen and oxygen atoms in total. The van der Waals surface area contributed by atoms with Crippen LogP contribution in [0.5, 0.6) is 5.75 Å². The molecule has 2 aromatic carbocycles. The number of hydrogen-bond donors (Lipinski definition) is 2. The van der Waals surface area contributed by atoms with E-state index >= 15 is 0 Å². The van der Waals surface area contributed by atoms with Crippen molar-refractivity contribution in [2.75, 3.05) is 24.7 Å². The minimum absolute atomic E-state index is 0.161. The number of ether oxygens (including phenoxy) is 1. The summed E-state index contributed by atoms with van der Waals surface area (Å²) in [6.45, 7) is 4.07. The molecule has 0 aromatic heterocycles. The third-order valence-corrected chi connectivity index (χ3v) is 5.70. The SMILES string of the molecule is CSc1cccc(NC(=O)COc2ccc(S(=O)(=O)NCC(C)C)cc2)c1. The number of carbonyl (C=O) groups is 1. The highest BCUT2D eigenvalue weighted by Crippen LogP contribution is 2.19. The fourth-order valence-electron chi connectivity index (χ4n) is 2.12. The highest BCUT2D eigenvalue weighted by Gasteiger charge is 2.14. The molecule has 0 aliphatic carbocycles. The molecule has 2 N–H and O–H groups in total. The van der Waals surface area contributed by atoms with Crippen molar-refractivity contribution < 1.29 is 17.9 Å². The highest BCUT2D eigenvalue weighted by molar-refractivity contribution is 7.98. The summed E-state index contributed by atoms with van der Waals surface area (Å²) < 4.78 is 32.3. The maximum Gasteiger partial charge on any atom is 0.262 e. The minimum Gasteiger partial charge on any atom is -0.484 e. The van der Waals surface area contributed by atoms with Gasteiger partial charge in [0.05, 0.1) is 4.90 Å². The molecule has 0 saturated heterocycles. The van der Waals surface area contributed by atoms with Crippen molar-refractivity contribution in [2.45, 2.75) is 23.6 Å². The molecule has 1 amide bonds. The molecule has 146 valence electrons. The Labute approximate surface area is 164 Å². The van der Waals surface area contributed by atoms with Crippen LogP contribution in [0.25, 0.3) is 0 Å². The van der Waals surface area contributed by atoms with Crippen molar-refractivity contribution in [3.8, 4) is 5.75 Å². The second kappa shape index (κ2) is 9.77. The quantitative estimate of drug-likeness (QED) is 0.622. The number of carbonyl (C=O) groups excluding carboxylic acids is 1. The number of amides is 1. The minimum atomic E-state index is -3.54. The number of anilines is 1. The predicted molar refractivity (Wildman–Crippen MR) is 109 cm³/mol. The van der Waals surface area contributed by atoms with Crippen LogP contribution >= 0.6 is 11.8 Å². The van der Waals surface area contributed by atoms with Crippen molar-refractivity contribution in [3.63, 3.8) is 0 Å². The van der Waals surface area contributed by atoms with Crippen molar-refractivity contribution in [1.82, 2.24) is 4.72 Å². The maximum atomic E-state index is 12.2. The van der Waals surface area contributed by atoms with E-state index in [4.69, 9.17) is 4.74 Å². The number of thioether (sulfide) groups is 1. The van der Waals surface area contributed by atoms with E-state index in [1.54, 1.807) is 17.8 Å². The van der Waals surface area contributed by atoms with Crippen LogP contribution < -0.4 is 14.8 Å². The van der Waals surface area contributed by atoms with Gasteiger partial charge in [0, 0.05) is 17.1 Å². The molecular formula is C19H24N2O4S2. The number of rotatable bonds is 9. The fourth-order valence-corrected chi connectivity index (χ4v) is 3.79. The van der Waals surface area contributed by atoms with Gasteiger partial charge in [-0.3, -0.25) is 4.79 Å². The first kappa shape index (κ1) is 21.3. The summed E-state index contributed by atoms with van der Waals surface area (Å²) in [5.41, 5.74) is 0.702. The van der Waals surface area contributed by atoms with Gasteiger partial charge < -0.3 is 10.1 Å². The zero-order chi connectivity index (χ0) is 19.9. The molecule has 0 spiro atoms. The van der Waals surface area contributed by atoms with E-state index in [1.807, 2.05) is 38.3 Å². The average molecular weight is 409 g/mol. The van der Waals surface area contributed by atoms with E-state index in [-0.39, 0.29) is 23.3 Å². The Hall–Kier alpha value is -2.03. The Morgan fingerprint density at radius 2 is 1.85 bits per heavy atom. The van der Waals surface area contributed by atoms with Crippen LogP contribution in [0, 0.1) is 5.92 Å². The van der Waals surface area contributed by atoms with Gasteiger partial charge in [0.15, 0.2) is 6.61 Å². The molecule has 0 bridgehead atoms. The van der Waals surface area contributed by atoms with Crippen LogP contribution in [0.3, 0.4) is 0 Å². The Balaban J connectivity index is 1.89. The van der Waals surface area contributed by atoms with Gasteiger partial charge in [-0.05, 0) is 54.6 Å². The number of sulfonamides is 1. The number of hydrogen-bond acceptors (Lipinski definition) is 5. The van der Waals surface area contributed by atoms with E-state index in [0.29, 0.717) is 18.0 Å². The molecule has 0 unspecified atom stereocenters. The predicted octanol–water partition coefficient (Wildman–Crippen LogP) is 3.36. The van der Waals surface area contributed by atoms with Crippen LogP contribution in [0.2, 0.25) is 0 Å². The van der Waals surface area contributed by atoms with E-state index in [9.17, 15) is 13.2 Å². The van der Waals surface area contributed by atoms with Gasteiger partial charge in [0.1, 0.15) is 5.75 Å². The van der Waals surface area contributed by atoms with E-state index in [2.05, 4.69) is 10.0 Å². The Morgan fingerprint density at radius 3 is 2.48 bits per heavy atom. The molecule has 8 heteroatoms. The zero-order valence-corrected chi connectivity index (χ0v) is 17.2. The zero-order valence-electron chi connectivity index (χ0n) is 15.6. The van der Waals surface area contributed by atoms with Crippen molar-refractivity contribution in [2.24, 2.45) is 5.92 Å². The maximum absolute atomic E-state index is 12.2. The molecule has 0 aliphatic heterocycles. The first-order valence-corrected chi connectivity index (χ1v) is 11.2. The number of nitrogens with one attached hydrogen (secondary N) is 2. The fraction of sp³-hybridized carbons (Fsp3) is 0.316. The van der Waals surface area contributed by atoms with E-state index in [1.165, 1.54) is 24.3 Å². The summed E-state index contributed by atoms with van der Waals surface area (Å²) in [6, 6.07) is 13.5. The third-order valence-electron chi connectivity index (χ3n) is 3.54. The summed E-state index contributed by atoms with van der Waals surface area (Å²) in [5.74, 6) is 0.354. The smallest absolute Gasteiger partial charge is 0.262 e. The van der Waals surface area contributed by atoms with Gasteiger partial charge in [-0.15, -0.1) is 11.8 Å². The largest absolute Gasteiger partial charge is 0.484 e. The summed E-state index contributed by atoms with van der Waals surface area (Å²) in [7, 11) is -3.54. The molecule has 27 heavy (non-hydrogen) atoms. The summed E-state index contributed by atoms with van der Waals surface area (Å²) in [5, 5.41) is 2.77. The summed E-state index contributed by atoms with van der Waals surface area (Å²) in [6.07, 6.45) is 1.96. The summed E-state index contributed by atoms with van der Waals surface area (Å²) >= 11 is 1.59. The standard InChI is InChI=1S/C19H24N2O4S2/c1-14(2)12-20-27(23,24)18-9-7-16(8-10-18)25-13-19(22)21-15-5-4-6-17(11-15)26-3/h4-11,14,20H,12-13H2,1-3H3,(H,21,22). The molecule has 0 heterocycles. The molecule has 2 aromatic rings. The number of benzene rings is 2. The van der Waals surface area contributed by atoms with Crippen LogP contribution in [0.1, 0.15) is 13.8 Å².